The van der Waals surface area contributed by atoms with Gasteiger partial charge in [0.25, 0.3) is 0 Å². The predicted molar refractivity (Wildman–Crippen MR) is 43.2 cm³/mol. The third kappa shape index (κ3) is 1.20. The van der Waals surface area contributed by atoms with Gasteiger partial charge in [0, 0.05) is 25.0 Å². The lowest BCUT2D eigenvalue weighted by Gasteiger charge is -2.30. The highest BCUT2D eigenvalue weighted by Gasteiger charge is 2.40. The van der Waals surface area contributed by atoms with E-state index in [0.29, 0.717) is 5.92 Å². The largest absolute Gasteiger partial charge is 0.358 e. The summed E-state index contributed by atoms with van der Waals surface area (Å²) >= 11 is 0. The van der Waals surface area contributed by atoms with Gasteiger partial charge in [0.05, 0.1) is 12.2 Å². The van der Waals surface area contributed by atoms with Crippen molar-refractivity contribution in [1.29, 1.82) is 5.26 Å². The Morgan fingerprint density at radius 1 is 1.50 bits per heavy atom. The third-order valence-corrected chi connectivity index (χ3v) is 2.66. The number of nitriles is 1. The maximum atomic E-state index is 8.66. The van der Waals surface area contributed by atoms with Crippen LogP contribution in [0.5, 0.6) is 0 Å². The van der Waals surface area contributed by atoms with E-state index in [9.17, 15) is 0 Å². The molecule has 0 aliphatic carbocycles. The highest BCUT2D eigenvalue weighted by Crippen LogP contribution is 2.29. The second-order valence-electron chi connectivity index (χ2n) is 3.54. The van der Waals surface area contributed by atoms with Crippen LogP contribution in [0.4, 0.5) is 0 Å². The van der Waals surface area contributed by atoms with Crippen LogP contribution in [0.3, 0.4) is 0 Å². The van der Waals surface area contributed by atoms with Crippen molar-refractivity contribution in [1.82, 2.24) is 5.32 Å². The summed E-state index contributed by atoms with van der Waals surface area (Å²) in [5.74, 6) is 0.443. The van der Waals surface area contributed by atoms with E-state index in [0.717, 1.165) is 19.5 Å². The molecule has 2 aliphatic rings. The Balaban J connectivity index is 2.05. The van der Waals surface area contributed by atoms with Crippen molar-refractivity contribution in [3.05, 3.63) is 0 Å². The van der Waals surface area contributed by atoms with Gasteiger partial charge >= 0.3 is 0 Å². The first-order valence-corrected chi connectivity index (χ1v) is 4.32. The summed E-state index contributed by atoms with van der Waals surface area (Å²) < 4.78 is 5.50. The Morgan fingerprint density at radius 3 is 3.00 bits per heavy atom. The van der Waals surface area contributed by atoms with Crippen molar-refractivity contribution >= 4 is 0 Å². The first kappa shape index (κ1) is 7.99. The van der Waals surface area contributed by atoms with Crippen molar-refractivity contribution in [2.45, 2.75) is 24.7 Å². The van der Waals surface area contributed by atoms with E-state index in [-0.39, 0.29) is 18.2 Å². The minimum Gasteiger partial charge on any atom is -0.358 e. The second-order valence-corrected chi connectivity index (χ2v) is 3.54. The summed E-state index contributed by atoms with van der Waals surface area (Å²) in [6, 6.07) is 2.19. The monoisotopic (exact) mass is 167 g/mol. The topological polar surface area (TPSA) is 71.1 Å². The molecule has 2 fully saturated rings. The average molecular weight is 167 g/mol. The molecule has 4 atom stereocenters. The molecule has 12 heavy (non-hydrogen) atoms. The van der Waals surface area contributed by atoms with Gasteiger partial charge in [0.1, 0.15) is 6.10 Å². The number of ether oxygens (including phenoxy) is 1. The lowest BCUT2D eigenvalue weighted by atomic mass is 9.91. The molecule has 0 aromatic heterocycles. The maximum absolute atomic E-state index is 8.66. The lowest BCUT2D eigenvalue weighted by molar-refractivity contribution is 0.0322. The van der Waals surface area contributed by atoms with Crippen LogP contribution in [0.2, 0.25) is 0 Å². The molecule has 0 bridgehead atoms. The predicted octanol–water partition coefficient (Wildman–Crippen LogP) is -0.786. The molecule has 4 unspecified atom stereocenters. The van der Waals surface area contributed by atoms with Crippen molar-refractivity contribution < 1.29 is 4.74 Å². The summed E-state index contributed by atoms with van der Waals surface area (Å²) in [6.45, 7) is 1.75. The quantitative estimate of drug-likeness (QED) is 0.496. The van der Waals surface area contributed by atoms with Gasteiger partial charge in [-0.2, -0.15) is 5.26 Å². The molecule has 0 amide bonds. The number of piperidine rings is 1. The van der Waals surface area contributed by atoms with Crippen LogP contribution in [0.1, 0.15) is 6.42 Å². The highest BCUT2D eigenvalue weighted by molar-refractivity contribution is 5.00. The normalized spacial score (nSPS) is 46.7. The third-order valence-electron chi connectivity index (χ3n) is 2.66. The van der Waals surface area contributed by atoms with E-state index in [1.807, 2.05) is 0 Å². The van der Waals surface area contributed by atoms with Crippen LogP contribution in [0, 0.1) is 17.2 Å². The van der Waals surface area contributed by atoms with Crippen molar-refractivity contribution in [2.75, 3.05) is 13.1 Å². The molecule has 2 rings (SSSR count). The Kier molecular flexibility index (Phi) is 2.01. The van der Waals surface area contributed by atoms with Crippen LogP contribution in [0.25, 0.3) is 0 Å². The van der Waals surface area contributed by atoms with Crippen LogP contribution >= 0.6 is 0 Å². The summed E-state index contributed by atoms with van der Waals surface area (Å²) in [5.41, 5.74) is 5.84. The summed E-state index contributed by atoms with van der Waals surface area (Å²) in [5, 5.41) is 11.9. The number of nitrogens with zero attached hydrogens (tertiary/aromatic N) is 1. The van der Waals surface area contributed by atoms with E-state index in [2.05, 4.69) is 11.4 Å². The first-order valence-electron chi connectivity index (χ1n) is 4.32. The highest BCUT2D eigenvalue weighted by atomic mass is 16.5. The Morgan fingerprint density at radius 2 is 2.33 bits per heavy atom. The first-order chi connectivity index (χ1) is 5.81. The number of hydrogen-bond donors (Lipinski definition) is 2. The van der Waals surface area contributed by atoms with Crippen LogP contribution in [0.15, 0.2) is 0 Å². The Hall–Kier alpha value is -0.630. The fourth-order valence-electron chi connectivity index (χ4n) is 2.05. The van der Waals surface area contributed by atoms with Gasteiger partial charge in [-0.1, -0.05) is 0 Å². The molecule has 0 spiro atoms. The van der Waals surface area contributed by atoms with Gasteiger partial charge in [-0.05, 0) is 6.42 Å². The van der Waals surface area contributed by atoms with Crippen molar-refractivity contribution in [3.8, 4) is 6.07 Å². The fourth-order valence-corrected chi connectivity index (χ4v) is 2.05. The summed E-state index contributed by atoms with van der Waals surface area (Å²) in [4.78, 5) is 0. The molecular formula is C8H13N3O. The molecule has 2 saturated heterocycles. The Labute approximate surface area is 71.7 Å². The minimum atomic E-state index is -0.231. The molecule has 4 heteroatoms. The number of nitrogens with one attached hydrogen (secondary N) is 1. The second kappa shape index (κ2) is 3.02. The van der Waals surface area contributed by atoms with Gasteiger partial charge in [0.2, 0.25) is 0 Å². The number of nitrogens with two attached hydrogens (primary N) is 1. The molecule has 0 radical (unpaired) electrons. The molecule has 0 aromatic carbocycles. The molecule has 4 nitrogen and oxygen atoms in total. The molecule has 2 aliphatic heterocycles. The molecule has 2 heterocycles. The van der Waals surface area contributed by atoms with Gasteiger partial charge in [-0.25, -0.2) is 0 Å². The average Bonchev–Trinajstić information content (AvgIpc) is 2.49. The fraction of sp³-hybridized carbons (Fsp3) is 0.875. The van der Waals surface area contributed by atoms with E-state index in [4.69, 9.17) is 15.7 Å². The number of hydrogen-bond acceptors (Lipinski definition) is 4. The standard InChI is InChI=1S/C8H13N3O/c9-2-6-1-5-3-11-4-7(10)8(5)12-6/h5-8,11H,1,3-4,10H2. The molecule has 66 valence electrons. The number of fused-ring (bicyclic) bond motifs is 1. The summed E-state index contributed by atoms with van der Waals surface area (Å²) in [6.07, 6.45) is 0.712. The van der Waals surface area contributed by atoms with Gasteiger partial charge in [-0.3, -0.25) is 0 Å². The van der Waals surface area contributed by atoms with Crippen molar-refractivity contribution in [3.63, 3.8) is 0 Å². The SMILES string of the molecule is N#CC1CC2CNCC(N)C2O1. The molecular weight excluding hydrogens is 154 g/mol. The molecule has 0 aromatic rings. The maximum Gasteiger partial charge on any atom is 0.144 e. The van der Waals surface area contributed by atoms with Crippen LogP contribution < -0.4 is 11.1 Å². The summed E-state index contributed by atoms with van der Waals surface area (Å²) in [7, 11) is 0. The van der Waals surface area contributed by atoms with Crippen LogP contribution in [-0.2, 0) is 4.74 Å². The zero-order valence-corrected chi connectivity index (χ0v) is 6.86. The van der Waals surface area contributed by atoms with E-state index in [1.165, 1.54) is 0 Å². The zero-order chi connectivity index (χ0) is 8.55. The smallest absolute Gasteiger partial charge is 0.144 e. The molecule has 0 saturated carbocycles. The van der Waals surface area contributed by atoms with E-state index < -0.39 is 0 Å². The van der Waals surface area contributed by atoms with Gasteiger partial charge in [-0.15, -0.1) is 0 Å². The van der Waals surface area contributed by atoms with E-state index >= 15 is 0 Å². The zero-order valence-electron chi connectivity index (χ0n) is 6.86. The van der Waals surface area contributed by atoms with Crippen molar-refractivity contribution in [2.24, 2.45) is 11.7 Å². The Bertz CT molecular complexity index is 213. The lowest BCUT2D eigenvalue weighted by Crippen LogP contribution is -2.53. The molecule has 3 N–H and O–H groups in total. The van der Waals surface area contributed by atoms with Crippen LogP contribution in [-0.4, -0.2) is 31.3 Å². The number of rotatable bonds is 0. The van der Waals surface area contributed by atoms with Gasteiger partial charge < -0.3 is 15.8 Å². The van der Waals surface area contributed by atoms with Gasteiger partial charge in [0.15, 0.2) is 0 Å². The van der Waals surface area contributed by atoms with E-state index in [1.54, 1.807) is 0 Å². The minimum absolute atomic E-state index is 0.0575.